The van der Waals surface area contributed by atoms with Crippen LogP contribution in [0, 0.1) is 5.41 Å². The standard InChI is InChI=1S/C16H22N2O3/c1-16(2)8-7-12(9-16)18-15(20)11-3-5-13(6-4-11)21-10-14(17)19/h3-6,12H,7-10H2,1-2H3,(H2,17,19)(H,18,20). The first kappa shape index (κ1) is 15.4. The molecule has 1 aromatic carbocycles. The Morgan fingerprint density at radius 3 is 2.52 bits per heavy atom. The molecular formula is C16H22N2O3. The van der Waals surface area contributed by atoms with Crippen LogP contribution in [0.5, 0.6) is 5.75 Å². The Labute approximate surface area is 124 Å². The number of carbonyl (C=O) groups is 2. The Morgan fingerprint density at radius 2 is 2.00 bits per heavy atom. The molecule has 21 heavy (non-hydrogen) atoms. The summed E-state index contributed by atoms with van der Waals surface area (Å²) in [5, 5.41) is 3.07. The van der Waals surface area contributed by atoms with E-state index in [0.29, 0.717) is 16.7 Å². The van der Waals surface area contributed by atoms with Crippen LogP contribution >= 0.6 is 0 Å². The van der Waals surface area contributed by atoms with Crippen LogP contribution < -0.4 is 15.8 Å². The lowest BCUT2D eigenvalue weighted by molar-refractivity contribution is -0.119. The summed E-state index contributed by atoms with van der Waals surface area (Å²) in [6.45, 7) is 4.29. The maximum atomic E-state index is 12.2. The van der Waals surface area contributed by atoms with Gasteiger partial charge in [-0.25, -0.2) is 0 Å². The third kappa shape index (κ3) is 4.48. The molecule has 0 aliphatic heterocycles. The monoisotopic (exact) mass is 290 g/mol. The highest BCUT2D eigenvalue weighted by molar-refractivity contribution is 5.94. The number of carbonyl (C=O) groups excluding carboxylic acids is 2. The highest BCUT2D eigenvalue weighted by Crippen LogP contribution is 2.36. The number of hydrogen-bond donors (Lipinski definition) is 2. The van der Waals surface area contributed by atoms with Gasteiger partial charge in [0.05, 0.1) is 0 Å². The van der Waals surface area contributed by atoms with Crippen LogP contribution in [0.4, 0.5) is 0 Å². The van der Waals surface area contributed by atoms with Crippen molar-refractivity contribution in [1.82, 2.24) is 5.32 Å². The van der Waals surface area contributed by atoms with Crippen molar-refractivity contribution in [2.24, 2.45) is 11.1 Å². The molecule has 1 unspecified atom stereocenters. The Kier molecular flexibility index (Phi) is 4.50. The quantitative estimate of drug-likeness (QED) is 0.868. The normalized spacial score (nSPS) is 20.0. The van der Waals surface area contributed by atoms with Crippen LogP contribution in [0.25, 0.3) is 0 Å². The SMILES string of the molecule is CC1(C)CCC(NC(=O)c2ccc(OCC(N)=O)cc2)C1. The van der Waals surface area contributed by atoms with Gasteiger partial charge in [0.1, 0.15) is 5.75 Å². The third-order valence-electron chi connectivity index (χ3n) is 3.80. The lowest BCUT2D eigenvalue weighted by Crippen LogP contribution is -2.33. The molecule has 0 spiro atoms. The lowest BCUT2D eigenvalue weighted by atomic mass is 9.92. The predicted octanol–water partition coefficient (Wildman–Crippen LogP) is 1.86. The van der Waals surface area contributed by atoms with E-state index in [4.69, 9.17) is 10.5 Å². The van der Waals surface area contributed by atoms with Crippen LogP contribution in [-0.2, 0) is 4.79 Å². The van der Waals surface area contributed by atoms with Gasteiger partial charge in [0.25, 0.3) is 11.8 Å². The molecule has 0 aromatic heterocycles. The highest BCUT2D eigenvalue weighted by atomic mass is 16.5. The zero-order valence-electron chi connectivity index (χ0n) is 12.5. The number of primary amides is 1. The summed E-state index contributed by atoms with van der Waals surface area (Å²) in [5.74, 6) is -0.0767. The number of hydrogen-bond acceptors (Lipinski definition) is 3. The number of rotatable bonds is 5. The van der Waals surface area contributed by atoms with Gasteiger partial charge in [-0.15, -0.1) is 0 Å². The van der Waals surface area contributed by atoms with Crippen molar-refractivity contribution in [1.29, 1.82) is 0 Å². The molecule has 1 atom stereocenters. The van der Waals surface area contributed by atoms with Crippen molar-refractivity contribution in [2.45, 2.75) is 39.2 Å². The van der Waals surface area contributed by atoms with E-state index in [0.717, 1.165) is 19.3 Å². The van der Waals surface area contributed by atoms with Gasteiger partial charge in [-0.3, -0.25) is 9.59 Å². The molecule has 0 radical (unpaired) electrons. The summed E-state index contributed by atoms with van der Waals surface area (Å²) in [5.41, 5.74) is 5.90. The Morgan fingerprint density at radius 1 is 1.33 bits per heavy atom. The first-order valence-electron chi connectivity index (χ1n) is 7.18. The van der Waals surface area contributed by atoms with E-state index in [2.05, 4.69) is 19.2 Å². The average Bonchev–Trinajstić information content (AvgIpc) is 2.76. The summed E-state index contributed by atoms with van der Waals surface area (Å²) in [6.07, 6.45) is 3.18. The van der Waals surface area contributed by atoms with Crippen LogP contribution in [0.1, 0.15) is 43.5 Å². The first-order valence-corrected chi connectivity index (χ1v) is 7.18. The minimum Gasteiger partial charge on any atom is -0.484 e. The fourth-order valence-electron chi connectivity index (χ4n) is 2.69. The van der Waals surface area contributed by atoms with Gasteiger partial charge in [0.2, 0.25) is 0 Å². The van der Waals surface area contributed by atoms with E-state index >= 15 is 0 Å². The molecule has 5 heteroatoms. The van der Waals surface area contributed by atoms with Crippen molar-refractivity contribution in [3.05, 3.63) is 29.8 Å². The molecule has 3 N–H and O–H groups in total. The van der Waals surface area contributed by atoms with Gasteiger partial charge in [-0.05, 0) is 48.9 Å². The molecule has 2 rings (SSSR count). The van der Waals surface area contributed by atoms with Gasteiger partial charge in [0.15, 0.2) is 6.61 Å². The summed E-state index contributed by atoms with van der Waals surface area (Å²) in [4.78, 5) is 22.8. The predicted molar refractivity (Wildman–Crippen MR) is 80.0 cm³/mol. The zero-order chi connectivity index (χ0) is 15.5. The summed E-state index contributed by atoms with van der Waals surface area (Å²) in [7, 11) is 0. The van der Waals surface area contributed by atoms with E-state index in [9.17, 15) is 9.59 Å². The highest BCUT2D eigenvalue weighted by Gasteiger charge is 2.31. The largest absolute Gasteiger partial charge is 0.484 e. The number of amides is 2. The number of ether oxygens (including phenoxy) is 1. The van der Waals surface area contributed by atoms with Crippen LogP contribution in [0.15, 0.2) is 24.3 Å². The van der Waals surface area contributed by atoms with E-state index in [1.807, 2.05) is 0 Å². The van der Waals surface area contributed by atoms with E-state index in [1.165, 1.54) is 0 Å². The number of nitrogens with one attached hydrogen (secondary N) is 1. The maximum absolute atomic E-state index is 12.2. The second kappa shape index (κ2) is 6.16. The minimum atomic E-state index is -0.527. The van der Waals surface area contributed by atoms with E-state index in [1.54, 1.807) is 24.3 Å². The van der Waals surface area contributed by atoms with Crippen LogP contribution in [0.3, 0.4) is 0 Å². The van der Waals surface area contributed by atoms with Crippen molar-refractivity contribution in [3.8, 4) is 5.75 Å². The fourth-order valence-corrected chi connectivity index (χ4v) is 2.69. The average molecular weight is 290 g/mol. The Balaban J connectivity index is 1.89. The second-order valence-electron chi connectivity index (χ2n) is 6.36. The smallest absolute Gasteiger partial charge is 0.255 e. The van der Waals surface area contributed by atoms with Gasteiger partial charge >= 0.3 is 0 Å². The molecule has 0 heterocycles. The lowest BCUT2D eigenvalue weighted by Gasteiger charge is -2.18. The maximum Gasteiger partial charge on any atom is 0.255 e. The van der Waals surface area contributed by atoms with Crippen molar-refractivity contribution in [2.75, 3.05) is 6.61 Å². The molecule has 1 aliphatic rings. The topological polar surface area (TPSA) is 81.4 Å². The molecular weight excluding hydrogens is 268 g/mol. The van der Waals surface area contributed by atoms with E-state index < -0.39 is 5.91 Å². The van der Waals surface area contributed by atoms with Gasteiger partial charge in [-0.1, -0.05) is 13.8 Å². The molecule has 5 nitrogen and oxygen atoms in total. The minimum absolute atomic E-state index is 0.0702. The number of nitrogens with two attached hydrogens (primary N) is 1. The van der Waals surface area contributed by atoms with Crippen LogP contribution in [0.2, 0.25) is 0 Å². The molecule has 1 fully saturated rings. The fraction of sp³-hybridized carbons (Fsp3) is 0.500. The molecule has 114 valence electrons. The molecule has 0 saturated heterocycles. The summed E-state index contributed by atoms with van der Waals surface area (Å²) >= 11 is 0. The second-order valence-corrected chi connectivity index (χ2v) is 6.36. The van der Waals surface area contributed by atoms with Gasteiger partial charge < -0.3 is 15.8 Å². The van der Waals surface area contributed by atoms with Crippen molar-refractivity contribution >= 4 is 11.8 Å². The zero-order valence-corrected chi connectivity index (χ0v) is 12.5. The molecule has 0 bridgehead atoms. The van der Waals surface area contributed by atoms with Crippen LogP contribution in [-0.4, -0.2) is 24.5 Å². The van der Waals surface area contributed by atoms with Gasteiger partial charge in [0, 0.05) is 11.6 Å². The third-order valence-corrected chi connectivity index (χ3v) is 3.80. The number of benzene rings is 1. The molecule has 1 aromatic rings. The van der Waals surface area contributed by atoms with Gasteiger partial charge in [-0.2, -0.15) is 0 Å². The molecule has 1 saturated carbocycles. The van der Waals surface area contributed by atoms with Crippen molar-refractivity contribution in [3.63, 3.8) is 0 Å². The summed E-state index contributed by atoms with van der Waals surface area (Å²) in [6, 6.07) is 6.95. The molecule has 2 amide bonds. The first-order chi connectivity index (χ1) is 9.85. The van der Waals surface area contributed by atoms with Crippen molar-refractivity contribution < 1.29 is 14.3 Å². The van der Waals surface area contributed by atoms with E-state index in [-0.39, 0.29) is 18.6 Å². The Bertz CT molecular complexity index is 523. The Hall–Kier alpha value is -2.04. The molecule has 1 aliphatic carbocycles. The summed E-state index contributed by atoms with van der Waals surface area (Å²) < 4.78 is 5.16.